The normalized spacial score (nSPS) is 17.6. The van der Waals surface area contributed by atoms with Crippen molar-refractivity contribution in [3.8, 4) is 0 Å². The Bertz CT molecular complexity index is 666. The Kier molecular flexibility index (Phi) is 2.83. The summed E-state index contributed by atoms with van der Waals surface area (Å²) in [5, 5.41) is 15.9. The Morgan fingerprint density at radius 1 is 1.47 bits per heavy atom. The maximum Gasteiger partial charge on any atom is 0.269 e. The van der Waals surface area contributed by atoms with Crippen LogP contribution in [0, 0.1) is 6.92 Å². The van der Waals surface area contributed by atoms with Gasteiger partial charge in [0, 0.05) is 12.1 Å². The average molecular weight is 257 g/mol. The van der Waals surface area contributed by atoms with Gasteiger partial charge in [0.2, 0.25) is 0 Å². The lowest BCUT2D eigenvalue weighted by Gasteiger charge is -2.26. The third kappa shape index (κ3) is 1.82. The summed E-state index contributed by atoms with van der Waals surface area (Å²) in [5.74, 6) is 0. The topological polar surface area (TPSA) is 69.2 Å². The van der Waals surface area contributed by atoms with E-state index < -0.39 is 0 Å². The number of anilines is 1. The van der Waals surface area contributed by atoms with Gasteiger partial charge in [-0.15, -0.1) is 0 Å². The molecule has 1 aliphatic heterocycles. The summed E-state index contributed by atoms with van der Waals surface area (Å²) in [6, 6.07) is 7.91. The van der Waals surface area contributed by atoms with Gasteiger partial charge in [-0.25, -0.2) is 5.10 Å². The predicted octanol–water partition coefficient (Wildman–Crippen LogP) is 1.13. The summed E-state index contributed by atoms with van der Waals surface area (Å²) in [5.41, 5.74) is 3.51. The molecule has 0 spiro atoms. The standard InChI is InChI=1S/C14H15N3O2/c1-9-12(6-15-16-14(9)19)17-7-10-4-2-3-5-11(10)13(17)8-18/h2-6,13,18H,7-8H2,1H3,(H,16,19). The smallest absolute Gasteiger partial charge is 0.269 e. The van der Waals surface area contributed by atoms with Crippen molar-refractivity contribution in [2.24, 2.45) is 0 Å². The second kappa shape index (κ2) is 4.51. The van der Waals surface area contributed by atoms with E-state index in [9.17, 15) is 9.90 Å². The molecule has 0 fully saturated rings. The molecular formula is C14H15N3O2. The van der Waals surface area contributed by atoms with Crippen LogP contribution >= 0.6 is 0 Å². The van der Waals surface area contributed by atoms with Gasteiger partial charge in [0.15, 0.2) is 0 Å². The van der Waals surface area contributed by atoms with Crippen molar-refractivity contribution < 1.29 is 5.11 Å². The van der Waals surface area contributed by atoms with Crippen LogP contribution in [0.4, 0.5) is 5.69 Å². The third-order valence-electron chi connectivity index (χ3n) is 3.69. The minimum atomic E-state index is -0.190. The molecule has 0 saturated heterocycles. The van der Waals surface area contributed by atoms with Crippen LogP contribution < -0.4 is 10.5 Å². The molecule has 2 aromatic rings. The molecular weight excluding hydrogens is 242 g/mol. The maximum atomic E-state index is 11.7. The van der Waals surface area contributed by atoms with E-state index in [1.807, 2.05) is 29.2 Å². The van der Waals surface area contributed by atoms with Crippen LogP contribution in [0.25, 0.3) is 0 Å². The highest BCUT2D eigenvalue weighted by molar-refractivity contribution is 5.57. The minimum Gasteiger partial charge on any atom is -0.394 e. The van der Waals surface area contributed by atoms with E-state index in [1.165, 1.54) is 5.56 Å². The molecule has 1 aromatic heterocycles. The number of aromatic nitrogens is 2. The Morgan fingerprint density at radius 3 is 3.05 bits per heavy atom. The van der Waals surface area contributed by atoms with E-state index >= 15 is 0 Å². The summed E-state index contributed by atoms with van der Waals surface area (Å²) < 4.78 is 0. The number of aliphatic hydroxyl groups is 1. The van der Waals surface area contributed by atoms with Gasteiger partial charge in [-0.05, 0) is 18.1 Å². The van der Waals surface area contributed by atoms with Crippen molar-refractivity contribution in [1.82, 2.24) is 10.2 Å². The van der Waals surface area contributed by atoms with E-state index in [4.69, 9.17) is 0 Å². The highest BCUT2D eigenvalue weighted by Gasteiger charge is 2.30. The van der Waals surface area contributed by atoms with Crippen molar-refractivity contribution >= 4 is 5.69 Å². The van der Waals surface area contributed by atoms with E-state index in [2.05, 4.69) is 10.2 Å². The van der Waals surface area contributed by atoms with Crippen molar-refractivity contribution in [2.75, 3.05) is 11.5 Å². The Morgan fingerprint density at radius 2 is 2.26 bits per heavy atom. The van der Waals surface area contributed by atoms with Gasteiger partial charge in [-0.1, -0.05) is 24.3 Å². The number of nitrogens with zero attached hydrogens (tertiary/aromatic N) is 2. The van der Waals surface area contributed by atoms with Crippen LogP contribution in [0.1, 0.15) is 22.7 Å². The summed E-state index contributed by atoms with van der Waals surface area (Å²) in [7, 11) is 0. The lowest BCUT2D eigenvalue weighted by Crippen LogP contribution is -2.27. The lowest BCUT2D eigenvalue weighted by atomic mass is 10.1. The second-order valence-electron chi connectivity index (χ2n) is 4.73. The van der Waals surface area contributed by atoms with Gasteiger partial charge < -0.3 is 10.0 Å². The molecule has 98 valence electrons. The molecule has 0 saturated carbocycles. The molecule has 5 nitrogen and oxygen atoms in total. The summed E-state index contributed by atoms with van der Waals surface area (Å²) >= 11 is 0. The number of fused-ring (bicyclic) bond motifs is 1. The van der Waals surface area contributed by atoms with Crippen LogP contribution in [0.3, 0.4) is 0 Å². The number of aliphatic hydroxyl groups excluding tert-OH is 1. The highest BCUT2D eigenvalue weighted by atomic mass is 16.3. The first-order valence-corrected chi connectivity index (χ1v) is 6.22. The zero-order chi connectivity index (χ0) is 13.4. The predicted molar refractivity (Wildman–Crippen MR) is 72.0 cm³/mol. The molecule has 1 aromatic carbocycles. The monoisotopic (exact) mass is 257 g/mol. The average Bonchev–Trinajstić information content (AvgIpc) is 2.80. The van der Waals surface area contributed by atoms with Gasteiger partial charge in [0.1, 0.15) is 0 Å². The van der Waals surface area contributed by atoms with Crippen LogP contribution in [0.2, 0.25) is 0 Å². The molecule has 1 atom stereocenters. The Hall–Kier alpha value is -2.14. The van der Waals surface area contributed by atoms with Crippen LogP contribution in [-0.2, 0) is 6.54 Å². The van der Waals surface area contributed by atoms with Gasteiger partial charge >= 0.3 is 0 Å². The first kappa shape index (κ1) is 11.9. The largest absolute Gasteiger partial charge is 0.394 e. The second-order valence-corrected chi connectivity index (χ2v) is 4.73. The third-order valence-corrected chi connectivity index (χ3v) is 3.69. The molecule has 5 heteroatoms. The van der Waals surface area contributed by atoms with E-state index in [1.54, 1.807) is 13.1 Å². The van der Waals surface area contributed by atoms with E-state index in [-0.39, 0.29) is 18.2 Å². The van der Waals surface area contributed by atoms with Crippen molar-refractivity contribution in [2.45, 2.75) is 19.5 Å². The van der Waals surface area contributed by atoms with Crippen LogP contribution in [0.5, 0.6) is 0 Å². The zero-order valence-corrected chi connectivity index (χ0v) is 10.6. The molecule has 2 heterocycles. The maximum absolute atomic E-state index is 11.7. The SMILES string of the molecule is Cc1c(N2Cc3ccccc3C2CO)cn[nH]c1=O. The first-order valence-electron chi connectivity index (χ1n) is 6.22. The van der Waals surface area contributed by atoms with E-state index in [0.717, 1.165) is 11.3 Å². The lowest BCUT2D eigenvalue weighted by molar-refractivity contribution is 0.265. The molecule has 2 N–H and O–H groups in total. The molecule has 0 aliphatic carbocycles. The molecule has 0 radical (unpaired) electrons. The number of aromatic amines is 1. The number of benzene rings is 1. The van der Waals surface area contributed by atoms with Gasteiger partial charge in [-0.3, -0.25) is 4.79 Å². The first-order chi connectivity index (χ1) is 9.22. The molecule has 19 heavy (non-hydrogen) atoms. The number of H-pyrrole nitrogens is 1. The number of nitrogens with one attached hydrogen (secondary N) is 1. The van der Waals surface area contributed by atoms with Gasteiger partial charge in [0.25, 0.3) is 5.56 Å². The van der Waals surface area contributed by atoms with Crippen molar-refractivity contribution in [3.63, 3.8) is 0 Å². The summed E-state index contributed by atoms with van der Waals surface area (Å²) in [6.07, 6.45) is 1.64. The fourth-order valence-corrected chi connectivity index (χ4v) is 2.65. The van der Waals surface area contributed by atoms with Crippen molar-refractivity contribution in [1.29, 1.82) is 0 Å². The Balaban J connectivity index is 2.08. The number of hydrogen-bond acceptors (Lipinski definition) is 4. The fourth-order valence-electron chi connectivity index (χ4n) is 2.65. The number of rotatable bonds is 2. The molecule has 0 bridgehead atoms. The number of hydrogen-bond donors (Lipinski definition) is 2. The fraction of sp³-hybridized carbons (Fsp3) is 0.286. The highest BCUT2D eigenvalue weighted by Crippen LogP contribution is 2.37. The summed E-state index contributed by atoms with van der Waals surface area (Å²) in [4.78, 5) is 13.7. The molecule has 3 rings (SSSR count). The molecule has 0 amide bonds. The van der Waals surface area contributed by atoms with E-state index in [0.29, 0.717) is 12.1 Å². The van der Waals surface area contributed by atoms with Gasteiger partial charge in [0.05, 0.1) is 24.5 Å². The summed E-state index contributed by atoms with van der Waals surface area (Å²) in [6.45, 7) is 2.48. The molecule has 1 aliphatic rings. The quantitative estimate of drug-likeness (QED) is 0.846. The van der Waals surface area contributed by atoms with Crippen molar-refractivity contribution in [3.05, 3.63) is 57.5 Å². The van der Waals surface area contributed by atoms with Crippen LogP contribution in [-0.4, -0.2) is 21.9 Å². The van der Waals surface area contributed by atoms with Gasteiger partial charge in [-0.2, -0.15) is 5.10 Å². The van der Waals surface area contributed by atoms with Crippen LogP contribution in [0.15, 0.2) is 35.3 Å². The molecule has 1 unspecified atom stereocenters. The minimum absolute atomic E-state index is 0.0171. The Labute approximate surface area is 110 Å². The zero-order valence-electron chi connectivity index (χ0n) is 10.6.